The van der Waals surface area contributed by atoms with Gasteiger partial charge in [-0.1, -0.05) is 54.6 Å². The SMILES string of the molecule is C[C@@H](NC(=O)c1ccccc1NC(=O)CN(c1ccc(C23CC4CC(CC(C4)C2)C3)cc1)S(C)(=O)=O)c1ccccc1. The molecule has 2 N–H and O–H groups in total. The Hall–Kier alpha value is -3.65. The molecule has 0 unspecified atom stereocenters. The molecule has 7 nitrogen and oxygen atoms in total. The van der Waals surface area contributed by atoms with Crippen LogP contribution in [0.1, 0.15) is 73.0 Å². The van der Waals surface area contributed by atoms with Crippen LogP contribution in [0.5, 0.6) is 0 Å². The highest BCUT2D eigenvalue weighted by Gasteiger charge is 2.51. The molecule has 0 radical (unpaired) electrons. The summed E-state index contributed by atoms with van der Waals surface area (Å²) in [4.78, 5) is 26.3. The van der Waals surface area contributed by atoms with E-state index >= 15 is 0 Å². The zero-order valence-electron chi connectivity index (χ0n) is 24.3. The summed E-state index contributed by atoms with van der Waals surface area (Å²) in [5.74, 6) is 1.60. The number of hydrogen-bond donors (Lipinski definition) is 2. The molecule has 2 amide bonds. The van der Waals surface area contributed by atoms with Crippen molar-refractivity contribution in [1.82, 2.24) is 5.32 Å². The second-order valence-corrected chi connectivity index (χ2v) is 14.6. The van der Waals surface area contributed by atoms with Gasteiger partial charge in [0.1, 0.15) is 6.54 Å². The number of benzene rings is 3. The number of rotatable bonds is 9. The van der Waals surface area contributed by atoms with Gasteiger partial charge in [-0.2, -0.15) is 0 Å². The first-order chi connectivity index (χ1) is 20.1. The van der Waals surface area contributed by atoms with Crippen molar-refractivity contribution < 1.29 is 18.0 Å². The molecule has 4 bridgehead atoms. The first-order valence-corrected chi connectivity index (χ1v) is 16.8. The van der Waals surface area contributed by atoms with Crippen LogP contribution in [0.3, 0.4) is 0 Å². The maximum Gasteiger partial charge on any atom is 0.253 e. The van der Waals surface area contributed by atoms with Crippen molar-refractivity contribution in [3.63, 3.8) is 0 Å². The van der Waals surface area contributed by atoms with E-state index in [4.69, 9.17) is 0 Å². The Kier molecular flexibility index (Phi) is 7.60. The van der Waals surface area contributed by atoms with Crippen molar-refractivity contribution in [3.05, 3.63) is 95.6 Å². The number of amides is 2. The highest BCUT2D eigenvalue weighted by atomic mass is 32.2. The van der Waals surface area contributed by atoms with Crippen LogP contribution < -0.4 is 14.9 Å². The lowest BCUT2D eigenvalue weighted by molar-refractivity contribution is -0.114. The average molecular weight is 586 g/mol. The summed E-state index contributed by atoms with van der Waals surface area (Å²) in [7, 11) is -3.74. The Labute approximate surface area is 248 Å². The summed E-state index contributed by atoms with van der Waals surface area (Å²) < 4.78 is 26.8. The van der Waals surface area contributed by atoms with Gasteiger partial charge in [-0.25, -0.2) is 8.42 Å². The zero-order chi connectivity index (χ0) is 29.5. The lowest BCUT2D eigenvalue weighted by atomic mass is 9.48. The summed E-state index contributed by atoms with van der Waals surface area (Å²) in [6.07, 6.45) is 8.90. The minimum absolute atomic E-state index is 0.211. The summed E-state index contributed by atoms with van der Waals surface area (Å²) in [5.41, 5.74) is 3.57. The van der Waals surface area contributed by atoms with Crippen molar-refractivity contribution in [3.8, 4) is 0 Å². The molecule has 4 aliphatic rings. The molecule has 0 saturated heterocycles. The number of carbonyl (C=O) groups is 2. The number of carbonyl (C=O) groups excluding carboxylic acids is 2. The standard InChI is InChI=1S/C34H39N3O4S/c1-23(27-8-4-3-5-9-27)35-33(39)30-10-6-7-11-31(30)36-32(38)22-37(42(2,40)41)29-14-12-28(13-15-29)34-19-24-16-25(20-34)18-26(17-24)21-34/h3-15,23-26H,16-22H2,1-2H3,(H,35,39)(H,36,38)/t23-,24?,25?,26?,34?/m1/s1. The molecule has 0 spiro atoms. The molecule has 4 aliphatic carbocycles. The largest absolute Gasteiger partial charge is 0.345 e. The quantitative estimate of drug-likeness (QED) is 0.320. The Balaban J connectivity index is 1.16. The summed E-state index contributed by atoms with van der Waals surface area (Å²) in [6, 6.07) is 24.0. The highest BCUT2D eigenvalue weighted by Crippen LogP contribution is 2.60. The molecule has 7 rings (SSSR count). The smallest absolute Gasteiger partial charge is 0.253 e. The van der Waals surface area contributed by atoms with Crippen LogP contribution in [0.15, 0.2) is 78.9 Å². The fourth-order valence-electron chi connectivity index (χ4n) is 8.06. The summed E-state index contributed by atoms with van der Waals surface area (Å²) in [5, 5.41) is 5.74. The third-order valence-corrected chi connectivity index (χ3v) is 10.7. The van der Waals surface area contributed by atoms with Crippen molar-refractivity contribution in [2.45, 2.75) is 56.9 Å². The van der Waals surface area contributed by atoms with Crippen LogP contribution in [0, 0.1) is 17.8 Å². The molecule has 0 aliphatic heterocycles. The number of nitrogens with one attached hydrogen (secondary N) is 2. The lowest BCUT2D eigenvalue weighted by Gasteiger charge is -2.57. The van der Waals surface area contributed by atoms with E-state index in [1.807, 2.05) is 49.4 Å². The van der Waals surface area contributed by atoms with E-state index in [9.17, 15) is 18.0 Å². The van der Waals surface area contributed by atoms with Crippen molar-refractivity contribution in [1.29, 1.82) is 0 Å². The Morgan fingerprint density at radius 2 is 1.43 bits per heavy atom. The van der Waals surface area contributed by atoms with E-state index in [1.54, 1.807) is 24.3 Å². The van der Waals surface area contributed by atoms with Gasteiger partial charge in [0.25, 0.3) is 5.91 Å². The van der Waals surface area contributed by atoms with Crippen LogP contribution >= 0.6 is 0 Å². The minimum atomic E-state index is -3.74. The van der Waals surface area contributed by atoms with Crippen molar-refractivity contribution >= 4 is 33.2 Å². The number of anilines is 2. The van der Waals surface area contributed by atoms with Gasteiger partial charge in [-0.05, 0) is 104 Å². The second kappa shape index (κ2) is 11.2. The topological polar surface area (TPSA) is 95.6 Å². The number of nitrogens with zero attached hydrogens (tertiary/aromatic N) is 1. The van der Waals surface area contributed by atoms with Gasteiger partial charge >= 0.3 is 0 Å². The number of hydrogen-bond acceptors (Lipinski definition) is 4. The molecule has 0 aromatic heterocycles. The van der Waals surface area contributed by atoms with Crippen LogP contribution in [-0.2, 0) is 20.2 Å². The molecule has 1 atom stereocenters. The molecule has 0 heterocycles. The first kappa shape index (κ1) is 28.5. The third-order valence-electron chi connectivity index (χ3n) is 9.59. The molecule has 4 fully saturated rings. The third kappa shape index (κ3) is 5.82. The molecular formula is C34H39N3O4S. The summed E-state index contributed by atoms with van der Waals surface area (Å²) in [6.45, 7) is 1.50. The highest BCUT2D eigenvalue weighted by molar-refractivity contribution is 7.92. The van der Waals surface area contributed by atoms with Gasteiger partial charge in [0.05, 0.1) is 29.2 Å². The number of para-hydroxylation sites is 1. The van der Waals surface area contributed by atoms with Gasteiger partial charge < -0.3 is 10.6 Å². The first-order valence-electron chi connectivity index (χ1n) is 14.9. The van der Waals surface area contributed by atoms with E-state index < -0.39 is 22.5 Å². The monoisotopic (exact) mass is 585 g/mol. The van der Waals surface area contributed by atoms with E-state index in [1.165, 1.54) is 44.1 Å². The molecule has 3 aromatic carbocycles. The van der Waals surface area contributed by atoms with Gasteiger partial charge in [0, 0.05) is 0 Å². The van der Waals surface area contributed by atoms with Crippen molar-refractivity contribution in [2.24, 2.45) is 17.8 Å². The average Bonchev–Trinajstić information content (AvgIpc) is 2.95. The molecule has 220 valence electrons. The molecular weight excluding hydrogens is 546 g/mol. The van der Waals surface area contributed by atoms with E-state index in [0.717, 1.165) is 33.9 Å². The van der Waals surface area contributed by atoms with Crippen molar-refractivity contribution in [2.75, 3.05) is 22.4 Å². The van der Waals surface area contributed by atoms with Gasteiger partial charge in [0.15, 0.2) is 0 Å². The van der Waals surface area contributed by atoms with Gasteiger partial charge in [-0.3, -0.25) is 13.9 Å². The van der Waals surface area contributed by atoms with Crippen LogP contribution in [0.2, 0.25) is 0 Å². The molecule has 3 aromatic rings. The predicted molar refractivity (Wildman–Crippen MR) is 166 cm³/mol. The Bertz CT molecular complexity index is 1530. The molecule has 4 saturated carbocycles. The fraction of sp³-hybridized carbons (Fsp3) is 0.412. The Morgan fingerprint density at radius 1 is 0.857 bits per heavy atom. The van der Waals surface area contributed by atoms with E-state index in [2.05, 4.69) is 22.8 Å². The predicted octanol–water partition coefficient (Wildman–Crippen LogP) is 6.05. The van der Waals surface area contributed by atoms with E-state index in [-0.39, 0.29) is 17.4 Å². The van der Waals surface area contributed by atoms with Crippen LogP contribution in [0.25, 0.3) is 0 Å². The maximum absolute atomic E-state index is 13.2. The number of sulfonamides is 1. The molecule has 42 heavy (non-hydrogen) atoms. The van der Waals surface area contributed by atoms with E-state index in [0.29, 0.717) is 16.9 Å². The lowest BCUT2D eigenvalue weighted by Crippen LogP contribution is -2.48. The van der Waals surface area contributed by atoms with Gasteiger partial charge in [-0.15, -0.1) is 0 Å². The minimum Gasteiger partial charge on any atom is -0.345 e. The fourth-order valence-corrected chi connectivity index (χ4v) is 8.91. The second-order valence-electron chi connectivity index (χ2n) is 12.7. The zero-order valence-corrected chi connectivity index (χ0v) is 25.1. The summed E-state index contributed by atoms with van der Waals surface area (Å²) >= 11 is 0. The van der Waals surface area contributed by atoms with Gasteiger partial charge in [0.2, 0.25) is 15.9 Å². The van der Waals surface area contributed by atoms with Crippen LogP contribution in [-0.4, -0.2) is 33.0 Å². The molecule has 8 heteroatoms. The Morgan fingerprint density at radius 3 is 2.02 bits per heavy atom. The van der Waals surface area contributed by atoms with Crippen LogP contribution in [0.4, 0.5) is 11.4 Å². The normalized spacial score (nSPS) is 25.0. The maximum atomic E-state index is 13.2.